The van der Waals surface area contributed by atoms with Gasteiger partial charge in [0.1, 0.15) is 0 Å². The molecule has 110 valence electrons. The van der Waals surface area contributed by atoms with E-state index in [0.717, 1.165) is 55.3 Å². The van der Waals surface area contributed by atoms with Gasteiger partial charge in [0.2, 0.25) is 5.91 Å². The molecule has 0 saturated carbocycles. The van der Waals surface area contributed by atoms with Crippen molar-refractivity contribution in [3.63, 3.8) is 0 Å². The Hall–Kier alpha value is -1.26. The maximum absolute atomic E-state index is 11.2. The largest absolute Gasteiger partial charge is 0.371 e. The summed E-state index contributed by atoms with van der Waals surface area (Å²) >= 11 is 6.32. The zero-order valence-electron chi connectivity index (χ0n) is 11.9. The lowest BCUT2D eigenvalue weighted by Crippen LogP contribution is -2.38. The Balaban J connectivity index is 2.00. The van der Waals surface area contributed by atoms with Crippen molar-refractivity contribution in [2.75, 3.05) is 24.5 Å². The molecule has 1 fully saturated rings. The molecule has 1 heterocycles. The lowest BCUT2D eigenvalue weighted by atomic mass is 9.96. The first-order valence-corrected chi connectivity index (χ1v) is 7.53. The quantitative estimate of drug-likeness (QED) is 0.875. The van der Waals surface area contributed by atoms with Crippen molar-refractivity contribution in [1.82, 2.24) is 5.32 Å². The third kappa shape index (κ3) is 3.64. The van der Waals surface area contributed by atoms with Crippen LogP contribution in [0.1, 0.15) is 25.3 Å². The number of anilines is 1. The molecule has 0 aliphatic carbocycles. The number of nitrogens with zero attached hydrogens (tertiary/aromatic N) is 1. The van der Waals surface area contributed by atoms with Crippen molar-refractivity contribution in [3.05, 3.63) is 28.8 Å². The van der Waals surface area contributed by atoms with E-state index in [9.17, 15) is 4.79 Å². The van der Waals surface area contributed by atoms with Gasteiger partial charge in [-0.15, -0.1) is 0 Å². The van der Waals surface area contributed by atoms with E-state index in [2.05, 4.69) is 29.3 Å². The van der Waals surface area contributed by atoms with Crippen molar-refractivity contribution < 1.29 is 4.79 Å². The minimum absolute atomic E-state index is 0.0229. The lowest BCUT2D eigenvalue weighted by molar-refractivity contribution is -0.122. The monoisotopic (exact) mass is 295 g/mol. The Bertz CT molecular complexity index is 470. The van der Waals surface area contributed by atoms with Crippen LogP contribution in [0.3, 0.4) is 0 Å². The van der Waals surface area contributed by atoms with Crippen LogP contribution in [-0.2, 0) is 11.3 Å². The molecule has 1 aromatic rings. The van der Waals surface area contributed by atoms with Gasteiger partial charge < -0.3 is 16.0 Å². The number of piperidine rings is 1. The van der Waals surface area contributed by atoms with Gasteiger partial charge in [0.05, 0.1) is 0 Å². The van der Waals surface area contributed by atoms with Gasteiger partial charge >= 0.3 is 0 Å². The lowest BCUT2D eigenvalue weighted by Gasteiger charge is -2.32. The molecule has 3 N–H and O–H groups in total. The Labute approximate surface area is 125 Å². The number of hydrogen-bond donors (Lipinski definition) is 2. The van der Waals surface area contributed by atoms with Crippen LogP contribution in [0.5, 0.6) is 0 Å². The molecule has 2 rings (SSSR count). The van der Waals surface area contributed by atoms with E-state index in [1.54, 1.807) is 0 Å². The fourth-order valence-corrected chi connectivity index (χ4v) is 2.80. The van der Waals surface area contributed by atoms with Crippen molar-refractivity contribution >= 4 is 23.2 Å². The van der Waals surface area contributed by atoms with Crippen LogP contribution in [0.4, 0.5) is 5.69 Å². The highest BCUT2D eigenvalue weighted by Crippen LogP contribution is 2.27. The van der Waals surface area contributed by atoms with E-state index >= 15 is 0 Å². The molecule has 0 radical (unpaired) electrons. The fraction of sp³-hybridized carbons (Fsp3) is 0.533. The second kappa shape index (κ2) is 6.95. The number of carbonyl (C=O) groups excluding carboxylic acids is 1. The van der Waals surface area contributed by atoms with Crippen LogP contribution in [0.25, 0.3) is 0 Å². The Kier molecular flexibility index (Phi) is 5.26. The van der Waals surface area contributed by atoms with Gasteiger partial charge in [-0.3, -0.25) is 4.79 Å². The summed E-state index contributed by atoms with van der Waals surface area (Å²) in [6, 6.07) is 6.18. The van der Waals surface area contributed by atoms with Gasteiger partial charge in [0.15, 0.2) is 0 Å². The molecule has 5 heteroatoms. The van der Waals surface area contributed by atoms with Gasteiger partial charge in [-0.2, -0.15) is 0 Å². The van der Waals surface area contributed by atoms with E-state index in [-0.39, 0.29) is 11.8 Å². The second-order valence-electron chi connectivity index (χ2n) is 5.22. The fourth-order valence-electron chi connectivity index (χ4n) is 2.56. The summed E-state index contributed by atoms with van der Waals surface area (Å²) in [5, 5.41) is 4.07. The first-order valence-electron chi connectivity index (χ1n) is 7.15. The summed E-state index contributed by atoms with van der Waals surface area (Å²) in [4.78, 5) is 13.4. The van der Waals surface area contributed by atoms with Crippen LogP contribution in [0, 0.1) is 5.92 Å². The minimum Gasteiger partial charge on any atom is -0.371 e. The molecule has 1 saturated heterocycles. The normalized spacial score (nSPS) is 16.4. The van der Waals surface area contributed by atoms with Gasteiger partial charge in [0.25, 0.3) is 0 Å². The summed E-state index contributed by atoms with van der Waals surface area (Å²) < 4.78 is 0. The zero-order chi connectivity index (χ0) is 14.5. The number of nitrogens with two attached hydrogens (primary N) is 1. The summed E-state index contributed by atoms with van der Waals surface area (Å²) in [6.07, 6.45) is 1.65. The van der Waals surface area contributed by atoms with Gasteiger partial charge in [-0.05, 0) is 37.1 Å². The first kappa shape index (κ1) is 15.1. The van der Waals surface area contributed by atoms with Crippen LogP contribution in [0.2, 0.25) is 5.02 Å². The van der Waals surface area contributed by atoms with Crippen molar-refractivity contribution in [1.29, 1.82) is 0 Å². The van der Waals surface area contributed by atoms with E-state index in [1.165, 1.54) is 0 Å². The van der Waals surface area contributed by atoms with Crippen LogP contribution in [0.15, 0.2) is 18.2 Å². The highest BCUT2D eigenvalue weighted by molar-refractivity contribution is 6.31. The molecular weight excluding hydrogens is 274 g/mol. The van der Waals surface area contributed by atoms with Crippen molar-refractivity contribution in [2.24, 2.45) is 11.7 Å². The highest BCUT2D eigenvalue weighted by Gasteiger charge is 2.23. The number of carbonyl (C=O) groups is 1. The molecule has 0 unspecified atom stereocenters. The minimum atomic E-state index is -0.177. The van der Waals surface area contributed by atoms with Crippen LogP contribution in [-0.4, -0.2) is 25.5 Å². The average Bonchev–Trinajstić information content (AvgIpc) is 2.46. The summed E-state index contributed by atoms with van der Waals surface area (Å²) in [6.45, 7) is 5.51. The summed E-state index contributed by atoms with van der Waals surface area (Å²) in [7, 11) is 0. The molecule has 0 atom stereocenters. The predicted octanol–water partition coefficient (Wildman–Crippen LogP) is 2.15. The molecule has 1 aliphatic rings. The van der Waals surface area contributed by atoms with E-state index in [0.29, 0.717) is 0 Å². The molecule has 4 nitrogen and oxygen atoms in total. The van der Waals surface area contributed by atoms with Crippen molar-refractivity contribution in [2.45, 2.75) is 26.3 Å². The second-order valence-corrected chi connectivity index (χ2v) is 5.63. The molecule has 1 amide bonds. The number of benzene rings is 1. The molecular formula is C15H22ClN3O. The third-order valence-corrected chi connectivity index (χ3v) is 4.22. The maximum atomic E-state index is 11.2. The van der Waals surface area contributed by atoms with Gasteiger partial charge in [-0.1, -0.05) is 24.6 Å². The SMILES string of the molecule is CCNCc1ccc(N2CCC(C(N)=O)CC2)cc1Cl. The molecule has 0 spiro atoms. The third-order valence-electron chi connectivity index (χ3n) is 3.86. The molecule has 0 aromatic heterocycles. The number of halogens is 1. The van der Waals surface area contributed by atoms with Gasteiger partial charge in [-0.25, -0.2) is 0 Å². The first-order chi connectivity index (χ1) is 9.61. The molecule has 1 aliphatic heterocycles. The van der Waals surface area contributed by atoms with E-state index in [4.69, 9.17) is 17.3 Å². The molecule has 1 aromatic carbocycles. The van der Waals surface area contributed by atoms with E-state index < -0.39 is 0 Å². The van der Waals surface area contributed by atoms with Crippen LogP contribution >= 0.6 is 11.6 Å². The summed E-state index contributed by atoms with van der Waals surface area (Å²) in [5.74, 6) is -0.154. The molecule has 0 bridgehead atoms. The Morgan fingerprint density at radius 3 is 2.70 bits per heavy atom. The number of rotatable bonds is 5. The van der Waals surface area contributed by atoms with Gasteiger partial charge in [0, 0.05) is 36.3 Å². The predicted molar refractivity (Wildman–Crippen MR) is 83.0 cm³/mol. The van der Waals surface area contributed by atoms with E-state index in [1.807, 2.05) is 6.07 Å². The Morgan fingerprint density at radius 2 is 2.15 bits per heavy atom. The highest BCUT2D eigenvalue weighted by atomic mass is 35.5. The topological polar surface area (TPSA) is 58.4 Å². The number of amides is 1. The molecule has 20 heavy (non-hydrogen) atoms. The van der Waals surface area contributed by atoms with Crippen LogP contribution < -0.4 is 16.0 Å². The Morgan fingerprint density at radius 1 is 1.45 bits per heavy atom. The number of primary amides is 1. The summed E-state index contributed by atoms with van der Waals surface area (Å²) in [5.41, 5.74) is 7.59. The van der Waals surface area contributed by atoms with Crippen molar-refractivity contribution in [3.8, 4) is 0 Å². The maximum Gasteiger partial charge on any atom is 0.220 e. The smallest absolute Gasteiger partial charge is 0.220 e. The standard InChI is InChI=1S/C15H22ClN3O/c1-2-18-10-12-3-4-13(9-14(12)16)19-7-5-11(6-8-19)15(17)20/h3-4,9,11,18H,2,5-8,10H2,1H3,(H2,17,20). The number of hydrogen-bond acceptors (Lipinski definition) is 3. The number of nitrogens with one attached hydrogen (secondary N) is 1. The average molecular weight is 296 g/mol. The zero-order valence-corrected chi connectivity index (χ0v) is 12.6.